The molecule has 0 aromatic rings. The number of unbranched alkanes of at least 4 members (excludes halogenated alkanes) is 2. The van der Waals surface area contributed by atoms with E-state index in [-0.39, 0.29) is 0 Å². The highest BCUT2D eigenvalue weighted by Crippen LogP contribution is 2.36. The Morgan fingerprint density at radius 1 is 0.905 bits per heavy atom. The van der Waals surface area contributed by atoms with Gasteiger partial charge in [-0.3, -0.25) is 4.79 Å². The third kappa shape index (κ3) is 5.75. The van der Waals surface area contributed by atoms with Crippen molar-refractivity contribution in [1.29, 1.82) is 0 Å². The molecule has 2 aliphatic rings. The van der Waals surface area contributed by atoms with Crippen molar-refractivity contribution in [2.75, 3.05) is 0 Å². The number of carbonyl (C=O) groups is 1. The van der Waals surface area contributed by atoms with Crippen LogP contribution >= 0.6 is 0 Å². The first-order valence-electron chi connectivity index (χ1n) is 9.69. The van der Waals surface area contributed by atoms with Crippen LogP contribution in [-0.2, 0) is 4.79 Å². The minimum Gasteiger partial charge on any atom is -0.299 e. The number of carbonyl (C=O) groups excluding carboxylic acids is 1. The van der Waals surface area contributed by atoms with E-state index in [1.165, 1.54) is 70.6 Å². The fourth-order valence-corrected chi connectivity index (χ4v) is 4.67. The van der Waals surface area contributed by atoms with Crippen LogP contribution in [0.5, 0.6) is 0 Å². The van der Waals surface area contributed by atoms with Gasteiger partial charge in [-0.05, 0) is 49.9 Å². The van der Waals surface area contributed by atoms with Gasteiger partial charge < -0.3 is 0 Å². The molecule has 0 aromatic heterocycles. The molecule has 2 rings (SSSR count). The number of Topliss-reactive ketones (excluding diaryl/α,β-unsaturated/α-hetero) is 1. The Morgan fingerprint density at radius 2 is 1.67 bits per heavy atom. The molecule has 2 fully saturated rings. The normalized spacial score (nSPS) is 31.2. The third-order valence-electron chi connectivity index (χ3n) is 6.17. The van der Waals surface area contributed by atoms with Crippen molar-refractivity contribution in [3.63, 3.8) is 0 Å². The summed E-state index contributed by atoms with van der Waals surface area (Å²) in [5, 5.41) is 0. The molecule has 1 heteroatoms. The van der Waals surface area contributed by atoms with Crippen molar-refractivity contribution in [2.24, 2.45) is 23.7 Å². The molecule has 0 heterocycles. The smallest absolute Gasteiger partial charge is 0.135 e. The lowest BCUT2D eigenvalue weighted by Crippen LogP contribution is -2.21. The minimum absolute atomic E-state index is 0.429. The summed E-state index contributed by atoms with van der Waals surface area (Å²) in [6, 6.07) is 0. The molecule has 0 radical (unpaired) electrons. The second-order valence-corrected chi connectivity index (χ2v) is 8.06. The zero-order valence-electron chi connectivity index (χ0n) is 14.4. The molecule has 0 amide bonds. The second-order valence-electron chi connectivity index (χ2n) is 8.06. The molecule has 0 N–H and O–H groups in total. The zero-order valence-corrected chi connectivity index (χ0v) is 14.4. The standard InChI is InChI=1S/C20H36O/c1-16-13-14-18(17(2)15-16)9-5-4-8-12-20(21)19-10-6-3-7-11-19/h16-19H,3-15H2,1-2H3. The molecule has 0 aliphatic heterocycles. The molecule has 0 aromatic carbocycles. The summed E-state index contributed by atoms with van der Waals surface area (Å²) < 4.78 is 0. The van der Waals surface area contributed by atoms with Crippen LogP contribution in [0.4, 0.5) is 0 Å². The molecule has 0 spiro atoms. The molecule has 3 unspecified atom stereocenters. The van der Waals surface area contributed by atoms with Crippen LogP contribution in [0.1, 0.15) is 97.3 Å². The van der Waals surface area contributed by atoms with Gasteiger partial charge in [0.25, 0.3) is 0 Å². The predicted octanol–water partition coefficient (Wildman–Crippen LogP) is 6.16. The van der Waals surface area contributed by atoms with Crippen LogP contribution in [0.15, 0.2) is 0 Å². The highest BCUT2D eigenvalue weighted by Gasteiger charge is 2.24. The van der Waals surface area contributed by atoms with Gasteiger partial charge >= 0.3 is 0 Å². The Morgan fingerprint density at radius 3 is 2.38 bits per heavy atom. The van der Waals surface area contributed by atoms with E-state index >= 15 is 0 Å². The van der Waals surface area contributed by atoms with Crippen molar-refractivity contribution in [3.8, 4) is 0 Å². The second kappa shape index (κ2) is 8.96. The van der Waals surface area contributed by atoms with Crippen LogP contribution in [0, 0.1) is 23.7 Å². The van der Waals surface area contributed by atoms with Crippen molar-refractivity contribution >= 4 is 5.78 Å². The number of ketones is 1. The molecule has 2 aliphatic carbocycles. The molecule has 0 bridgehead atoms. The molecule has 1 nitrogen and oxygen atoms in total. The fraction of sp³-hybridized carbons (Fsp3) is 0.950. The summed E-state index contributed by atoms with van der Waals surface area (Å²) in [6.07, 6.45) is 16.6. The van der Waals surface area contributed by atoms with Gasteiger partial charge in [0.2, 0.25) is 0 Å². The van der Waals surface area contributed by atoms with Crippen LogP contribution in [0.2, 0.25) is 0 Å². The summed E-state index contributed by atoms with van der Waals surface area (Å²) in [7, 11) is 0. The third-order valence-corrected chi connectivity index (χ3v) is 6.17. The van der Waals surface area contributed by atoms with Crippen molar-refractivity contribution in [1.82, 2.24) is 0 Å². The van der Waals surface area contributed by atoms with Gasteiger partial charge in [-0.1, -0.05) is 58.8 Å². The Hall–Kier alpha value is -0.330. The van der Waals surface area contributed by atoms with Gasteiger partial charge in [-0.15, -0.1) is 0 Å². The van der Waals surface area contributed by atoms with E-state index in [2.05, 4.69) is 13.8 Å². The fourth-order valence-electron chi connectivity index (χ4n) is 4.67. The van der Waals surface area contributed by atoms with Crippen LogP contribution < -0.4 is 0 Å². The van der Waals surface area contributed by atoms with Gasteiger partial charge in [0, 0.05) is 12.3 Å². The Kier molecular flexibility index (Phi) is 7.26. The average Bonchev–Trinajstić information content (AvgIpc) is 2.49. The Balaban J connectivity index is 1.52. The van der Waals surface area contributed by atoms with Crippen LogP contribution in [0.3, 0.4) is 0 Å². The first-order chi connectivity index (χ1) is 10.2. The summed E-state index contributed by atoms with van der Waals surface area (Å²) in [5.41, 5.74) is 0. The molecule has 0 saturated heterocycles. The summed E-state index contributed by atoms with van der Waals surface area (Å²) in [5.74, 6) is 3.85. The monoisotopic (exact) mass is 292 g/mol. The van der Waals surface area contributed by atoms with E-state index in [9.17, 15) is 4.79 Å². The van der Waals surface area contributed by atoms with E-state index in [1.54, 1.807) is 0 Å². The average molecular weight is 293 g/mol. The number of hydrogen-bond donors (Lipinski definition) is 0. The highest BCUT2D eigenvalue weighted by molar-refractivity contribution is 5.80. The van der Waals surface area contributed by atoms with Crippen molar-refractivity contribution < 1.29 is 4.79 Å². The SMILES string of the molecule is CC1CCC(CCCCCC(=O)C2CCCCC2)C(C)C1. The molecule has 2 saturated carbocycles. The van der Waals surface area contributed by atoms with E-state index in [0.29, 0.717) is 11.7 Å². The summed E-state index contributed by atoms with van der Waals surface area (Å²) in [6.45, 7) is 4.86. The van der Waals surface area contributed by atoms with Crippen molar-refractivity contribution in [2.45, 2.75) is 97.3 Å². The Labute approximate surface area is 132 Å². The van der Waals surface area contributed by atoms with E-state index in [4.69, 9.17) is 0 Å². The summed E-state index contributed by atoms with van der Waals surface area (Å²) >= 11 is 0. The molecular formula is C20H36O. The lowest BCUT2D eigenvalue weighted by Gasteiger charge is -2.32. The Bertz CT molecular complexity index is 303. The van der Waals surface area contributed by atoms with Crippen LogP contribution in [0.25, 0.3) is 0 Å². The van der Waals surface area contributed by atoms with Gasteiger partial charge in [-0.2, -0.15) is 0 Å². The number of rotatable bonds is 7. The topological polar surface area (TPSA) is 17.1 Å². The van der Waals surface area contributed by atoms with E-state index in [1.807, 2.05) is 0 Å². The van der Waals surface area contributed by atoms with Gasteiger partial charge in [0.05, 0.1) is 0 Å². The molecule has 122 valence electrons. The first kappa shape index (κ1) is 17.0. The highest BCUT2D eigenvalue weighted by atomic mass is 16.1. The maximum absolute atomic E-state index is 12.2. The molecular weight excluding hydrogens is 256 g/mol. The maximum Gasteiger partial charge on any atom is 0.135 e. The quantitative estimate of drug-likeness (QED) is 0.514. The van der Waals surface area contributed by atoms with Gasteiger partial charge in [0.15, 0.2) is 0 Å². The summed E-state index contributed by atoms with van der Waals surface area (Å²) in [4.78, 5) is 12.2. The minimum atomic E-state index is 0.429. The molecule has 3 atom stereocenters. The lowest BCUT2D eigenvalue weighted by molar-refractivity contribution is -0.123. The molecule has 21 heavy (non-hydrogen) atoms. The maximum atomic E-state index is 12.2. The van der Waals surface area contributed by atoms with Gasteiger partial charge in [0.1, 0.15) is 5.78 Å². The van der Waals surface area contributed by atoms with E-state index in [0.717, 1.165) is 30.6 Å². The largest absolute Gasteiger partial charge is 0.299 e. The van der Waals surface area contributed by atoms with Gasteiger partial charge in [-0.25, -0.2) is 0 Å². The first-order valence-corrected chi connectivity index (χ1v) is 9.69. The predicted molar refractivity (Wildman–Crippen MR) is 90.3 cm³/mol. The number of hydrogen-bond acceptors (Lipinski definition) is 1. The van der Waals surface area contributed by atoms with E-state index < -0.39 is 0 Å². The lowest BCUT2D eigenvalue weighted by atomic mass is 9.73. The zero-order chi connectivity index (χ0) is 15.1. The van der Waals surface area contributed by atoms with Crippen molar-refractivity contribution in [3.05, 3.63) is 0 Å². The van der Waals surface area contributed by atoms with Crippen LogP contribution in [-0.4, -0.2) is 5.78 Å².